The van der Waals surface area contributed by atoms with Crippen LogP contribution in [0.5, 0.6) is 0 Å². The zero-order valence-electron chi connectivity index (χ0n) is 8.79. The second kappa shape index (κ2) is 5.11. The number of hydrogen-bond acceptors (Lipinski definition) is 4. The molecule has 0 radical (unpaired) electrons. The smallest absolute Gasteiger partial charge is 0.435 e. The first-order valence-corrected chi connectivity index (χ1v) is 4.65. The SMILES string of the molecule is CCOC(=O)c1nnn(CCF)c1C(F)(F)F. The Morgan fingerprint density at radius 2 is 2.12 bits per heavy atom. The van der Waals surface area contributed by atoms with E-state index in [9.17, 15) is 22.4 Å². The minimum atomic E-state index is -4.85. The van der Waals surface area contributed by atoms with Crippen LogP contribution in [0.25, 0.3) is 0 Å². The van der Waals surface area contributed by atoms with Crippen LogP contribution < -0.4 is 0 Å². The van der Waals surface area contributed by atoms with Crippen molar-refractivity contribution in [3.8, 4) is 0 Å². The molecular weight excluding hydrogens is 246 g/mol. The number of nitrogens with zero attached hydrogens (tertiary/aromatic N) is 3. The molecule has 0 saturated heterocycles. The number of halogens is 4. The van der Waals surface area contributed by atoms with E-state index in [2.05, 4.69) is 15.0 Å². The van der Waals surface area contributed by atoms with E-state index in [0.717, 1.165) is 0 Å². The highest BCUT2D eigenvalue weighted by molar-refractivity contribution is 5.88. The van der Waals surface area contributed by atoms with Crippen LogP contribution in [0.4, 0.5) is 17.6 Å². The lowest BCUT2D eigenvalue weighted by molar-refractivity contribution is -0.144. The van der Waals surface area contributed by atoms with Crippen molar-refractivity contribution in [2.24, 2.45) is 0 Å². The van der Waals surface area contributed by atoms with Crippen LogP contribution in [0, 0.1) is 0 Å². The molecule has 0 N–H and O–H groups in total. The maximum absolute atomic E-state index is 12.6. The Bertz CT molecular complexity index is 402. The van der Waals surface area contributed by atoms with Crippen LogP contribution in [0.1, 0.15) is 23.1 Å². The zero-order chi connectivity index (χ0) is 13.1. The van der Waals surface area contributed by atoms with Gasteiger partial charge in [0.25, 0.3) is 0 Å². The van der Waals surface area contributed by atoms with E-state index in [1.54, 1.807) is 0 Å². The van der Waals surface area contributed by atoms with Gasteiger partial charge in [-0.2, -0.15) is 13.2 Å². The van der Waals surface area contributed by atoms with E-state index < -0.39 is 36.8 Å². The van der Waals surface area contributed by atoms with Crippen molar-refractivity contribution in [3.63, 3.8) is 0 Å². The van der Waals surface area contributed by atoms with Crippen LogP contribution >= 0.6 is 0 Å². The van der Waals surface area contributed by atoms with Gasteiger partial charge in [0.15, 0.2) is 5.69 Å². The molecule has 0 saturated carbocycles. The lowest BCUT2D eigenvalue weighted by Crippen LogP contribution is -2.20. The predicted molar refractivity (Wildman–Crippen MR) is 47.0 cm³/mol. The molecule has 0 unspecified atom stereocenters. The van der Waals surface area contributed by atoms with Gasteiger partial charge in [0.05, 0.1) is 13.2 Å². The second-order valence-electron chi connectivity index (χ2n) is 2.92. The van der Waals surface area contributed by atoms with Crippen molar-refractivity contribution in [1.82, 2.24) is 15.0 Å². The molecule has 0 aromatic carbocycles. The molecule has 0 fully saturated rings. The van der Waals surface area contributed by atoms with Gasteiger partial charge < -0.3 is 4.74 Å². The summed E-state index contributed by atoms with van der Waals surface area (Å²) in [6.45, 7) is -0.320. The number of alkyl halides is 4. The molecule has 1 aromatic heterocycles. The summed E-state index contributed by atoms with van der Waals surface area (Å²) in [5.41, 5.74) is -2.35. The number of rotatable bonds is 4. The maximum Gasteiger partial charge on any atom is 0.435 e. The third-order valence-corrected chi connectivity index (χ3v) is 1.77. The Labute approximate surface area is 93.4 Å². The standard InChI is InChI=1S/C8H9F4N3O2/c1-2-17-7(16)5-6(8(10,11)12)15(4-3-9)14-13-5/h2-4H2,1H3. The number of aryl methyl sites for hydroxylation is 1. The van der Waals surface area contributed by atoms with Crippen molar-refractivity contribution in [2.75, 3.05) is 13.3 Å². The number of aromatic nitrogens is 3. The molecule has 0 spiro atoms. The molecule has 0 bridgehead atoms. The molecule has 96 valence electrons. The first-order valence-electron chi connectivity index (χ1n) is 4.65. The Hall–Kier alpha value is -1.67. The maximum atomic E-state index is 12.6. The lowest BCUT2D eigenvalue weighted by Gasteiger charge is -2.09. The number of carbonyl (C=O) groups is 1. The molecule has 1 aromatic rings. The Morgan fingerprint density at radius 1 is 1.47 bits per heavy atom. The monoisotopic (exact) mass is 255 g/mol. The van der Waals surface area contributed by atoms with Gasteiger partial charge in [-0.15, -0.1) is 5.10 Å². The van der Waals surface area contributed by atoms with Crippen LogP contribution in [0.15, 0.2) is 0 Å². The van der Waals surface area contributed by atoms with Crippen molar-refractivity contribution >= 4 is 5.97 Å². The van der Waals surface area contributed by atoms with Gasteiger partial charge in [0.2, 0.25) is 5.69 Å². The highest BCUT2D eigenvalue weighted by atomic mass is 19.4. The summed E-state index contributed by atoms with van der Waals surface area (Å²) in [5.74, 6) is -1.23. The Balaban J connectivity index is 3.18. The van der Waals surface area contributed by atoms with Crippen LogP contribution in [0.3, 0.4) is 0 Å². The molecule has 1 rings (SSSR count). The molecule has 0 aliphatic heterocycles. The average Bonchev–Trinajstić information content (AvgIpc) is 2.62. The van der Waals surface area contributed by atoms with Crippen LogP contribution in [-0.2, 0) is 17.5 Å². The summed E-state index contributed by atoms with van der Waals surface area (Å²) in [5, 5.41) is 6.15. The van der Waals surface area contributed by atoms with E-state index in [0.29, 0.717) is 4.68 Å². The van der Waals surface area contributed by atoms with E-state index in [-0.39, 0.29) is 6.61 Å². The van der Waals surface area contributed by atoms with Gasteiger partial charge in [-0.1, -0.05) is 5.21 Å². The van der Waals surface area contributed by atoms with Crippen molar-refractivity contribution in [1.29, 1.82) is 0 Å². The number of hydrogen-bond donors (Lipinski definition) is 0. The molecular formula is C8H9F4N3O2. The summed E-state index contributed by atoms with van der Waals surface area (Å²) >= 11 is 0. The van der Waals surface area contributed by atoms with E-state index >= 15 is 0 Å². The highest BCUT2D eigenvalue weighted by Crippen LogP contribution is 2.31. The fourth-order valence-corrected chi connectivity index (χ4v) is 1.17. The van der Waals surface area contributed by atoms with E-state index in [4.69, 9.17) is 0 Å². The van der Waals surface area contributed by atoms with Gasteiger partial charge in [-0.3, -0.25) is 0 Å². The predicted octanol–water partition coefficient (Wildman–Crippen LogP) is 1.44. The third-order valence-electron chi connectivity index (χ3n) is 1.77. The molecule has 9 heteroatoms. The first-order chi connectivity index (χ1) is 7.91. The van der Waals surface area contributed by atoms with Gasteiger partial charge in [-0.25, -0.2) is 13.9 Å². The lowest BCUT2D eigenvalue weighted by atomic mass is 10.3. The van der Waals surface area contributed by atoms with Gasteiger partial charge in [0, 0.05) is 0 Å². The molecule has 0 atom stereocenters. The van der Waals surface area contributed by atoms with Crippen LogP contribution in [0.2, 0.25) is 0 Å². The fraction of sp³-hybridized carbons (Fsp3) is 0.625. The average molecular weight is 255 g/mol. The Kier molecular flexibility index (Phi) is 4.02. The fourth-order valence-electron chi connectivity index (χ4n) is 1.17. The van der Waals surface area contributed by atoms with E-state index in [1.165, 1.54) is 6.92 Å². The summed E-state index contributed by atoms with van der Waals surface area (Å²) in [4.78, 5) is 11.2. The van der Waals surface area contributed by atoms with Crippen molar-refractivity contribution in [3.05, 3.63) is 11.4 Å². The van der Waals surface area contributed by atoms with Gasteiger partial charge in [0.1, 0.15) is 6.67 Å². The largest absolute Gasteiger partial charge is 0.461 e. The second-order valence-corrected chi connectivity index (χ2v) is 2.92. The van der Waals surface area contributed by atoms with Gasteiger partial charge >= 0.3 is 12.1 Å². The molecule has 17 heavy (non-hydrogen) atoms. The summed E-state index contributed by atoms with van der Waals surface area (Å²) in [7, 11) is 0. The Morgan fingerprint density at radius 3 is 2.59 bits per heavy atom. The number of esters is 1. The normalized spacial score (nSPS) is 11.6. The van der Waals surface area contributed by atoms with E-state index in [1.807, 2.05) is 0 Å². The molecule has 0 aliphatic rings. The van der Waals surface area contributed by atoms with Crippen LogP contribution in [-0.4, -0.2) is 34.2 Å². The third kappa shape index (κ3) is 2.92. The van der Waals surface area contributed by atoms with Crippen molar-refractivity contribution < 1.29 is 27.1 Å². The highest BCUT2D eigenvalue weighted by Gasteiger charge is 2.41. The van der Waals surface area contributed by atoms with Crippen molar-refractivity contribution in [2.45, 2.75) is 19.6 Å². The molecule has 5 nitrogen and oxygen atoms in total. The van der Waals surface area contributed by atoms with Gasteiger partial charge in [-0.05, 0) is 6.92 Å². The molecule has 0 amide bonds. The minimum absolute atomic E-state index is 0.0912. The quantitative estimate of drug-likeness (QED) is 0.603. The number of carbonyl (C=O) groups excluding carboxylic acids is 1. The minimum Gasteiger partial charge on any atom is -0.461 e. The summed E-state index contributed by atoms with van der Waals surface area (Å²) < 4.78 is 54.6. The molecule has 1 heterocycles. The molecule has 0 aliphatic carbocycles. The first kappa shape index (κ1) is 13.4. The zero-order valence-corrected chi connectivity index (χ0v) is 8.79. The number of ether oxygens (including phenoxy) is 1. The summed E-state index contributed by atoms with van der Waals surface area (Å²) in [6.07, 6.45) is -4.85. The topological polar surface area (TPSA) is 57.0 Å². The summed E-state index contributed by atoms with van der Waals surface area (Å²) in [6, 6.07) is 0.